The quantitative estimate of drug-likeness (QED) is 0.711. The summed E-state index contributed by atoms with van der Waals surface area (Å²) in [6.07, 6.45) is 0.784. The van der Waals surface area contributed by atoms with Gasteiger partial charge in [-0.25, -0.2) is 4.79 Å². The number of carbonyl (C=O) groups is 2. The fourth-order valence-electron chi connectivity index (χ4n) is 2.26. The fraction of sp³-hybridized carbons (Fsp3) is 0.500. The Morgan fingerprint density at radius 2 is 2.16 bits per heavy atom. The van der Waals surface area contributed by atoms with Crippen LogP contribution in [-0.4, -0.2) is 44.9 Å². The highest BCUT2D eigenvalue weighted by atomic mass is 19.3. The molecule has 1 aromatic rings. The maximum absolute atomic E-state index is 12.3. The zero-order valence-corrected chi connectivity index (χ0v) is 13.6. The molecule has 1 heterocycles. The van der Waals surface area contributed by atoms with Gasteiger partial charge in [0, 0.05) is 13.2 Å². The maximum Gasteiger partial charge on any atom is 0.387 e. The molecule has 1 fully saturated rings. The molecule has 1 aromatic carbocycles. The molecule has 0 aliphatic carbocycles. The predicted molar refractivity (Wildman–Crippen MR) is 81.4 cm³/mol. The summed E-state index contributed by atoms with van der Waals surface area (Å²) in [5, 5.41) is 2.55. The number of esters is 1. The fourth-order valence-corrected chi connectivity index (χ4v) is 2.26. The third-order valence-electron chi connectivity index (χ3n) is 3.47. The summed E-state index contributed by atoms with van der Waals surface area (Å²) in [5.74, 6) is -1.02. The normalized spacial score (nSPS) is 16.6. The molecule has 0 bridgehead atoms. The van der Waals surface area contributed by atoms with Crippen molar-refractivity contribution in [1.29, 1.82) is 0 Å². The third kappa shape index (κ3) is 5.86. The summed E-state index contributed by atoms with van der Waals surface area (Å²) >= 11 is 0. The van der Waals surface area contributed by atoms with Crippen LogP contribution in [0.3, 0.4) is 0 Å². The number of amides is 1. The molecule has 138 valence electrons. The summed E-state index contributed by atoms with van der Waals surface area (Å²) in [6.45, 7) is -2.75. The first-order chi connectivity index (χ1) is 12.0. The van der Waals surface area contributed by atoms with Crippen molar-refractivity contribution >= 4 is 11.9 Å². The Bertz CT molecular complexity index is 604. The summed E-state index contributed by atoms with van der Waals surface area (Å²) < 4.78 is 43.9. The number of alkyl halides is 2. The third-order valence-corrected chi connectivity index (χ3v) is 3.47. The lowest BCUT2D eigenvalue weighted by atomic mass is 10.2. The van der Waals surface area contributed by atoms with Crippen LogP contribution in [0.25, 0.3) is 0 Å². The largest absolute Gasteiger partial charge is 0.493 e. The first kappa shape index (κ1) is 18.9. The highest BCUT2D eigenvalue weighted by molar-refractivity contribution is 5.82. The lowest BCUT2D eigenvalue weighted by Gasteiger charge is -2.12. The molecular formula is C16H19F2NO6. The number of rotatable bonds is 8. The maximum atomic E-state index is 12.3. The Morgan fingerprint density at radius 3 is 2.80 bits per heavy atom. The zero-order chi connectivity index (χ0) is 18.2. The van der Waals surface area contributed by atoms with E-state index in [1.807, 2.05) is 0 Å². The molecular weight excluding hydrogens is 340 g/mol. The SMILES string of the molecule is COc1cc(CNC(=O)COC(=O)[C@H]2CCCO2)ccc1OC(F)F. The smallest absolute Gasteiger partial charge is 0.387 e. The number of carbonyl (C=O) groups excluding carboxylic acids is 2. The highest BCUT2D eigenvalue weighted by Gasteiger charge is 2.25. The number of halogens is 2. The van der Waals surface area contributed by atoms with E-state index >= 15 is 0 Å². The molecule has 1 saturated heterocycles. The van der Waals surface area contributed by atoms with Crippen LogP contribution in [-0.2, 0) is 25.6 Å². The molecule has 1 aliphatic heterocycles. The Balaban J connectivity index is 1.79. The van der Waals surface area contributed by atoms with Gasteiger partial charge in [-0.1, -0.05) is 6.07 Å². The Morgan fingerprint density at radius 1 is 1.36 bits per heavy atom. The van der Waals surface area contributed by atoms with E-state index < -0.39 is 31.2 Å². The molecule has 0 radical (unpaired) electrons. The minimum atomic E-state index is -2.96. The molecule has 25 heavy (non-hydrogen) atoms. The van der Waals surface area contributed by atoms with Crippen LogP contribution in [0.5, 0.6) is 11.5 Å². The molecule has 1 atom stereocenters. The van der Waals surface area contributed by atoms with E-state index in [9.17, 15) is 18.4 Å². The molecule has 7 nitrogen and oxygen atoms in total. The zero-order valence-electron chi connectivity index (χ0n) is 13.6. The van der Waals surface area contributed by atoms with Crippen molar-refractivity contribution in [3.8, 4) is 11.5 Å². The van der Waals surface area contributed by atoms with Gasteiger partial charge in [0.25, 0.3) is 5.91 Å². The van der Waals surface area contributed by atoms with Crippen LogP contribution < -0.4 is 14.8 Å². The summed E-state index contributed by atoms with van der Waals surface area (Å²) in [7, 11) is 1.32. The molecule has 0 unspecified atom stereocenters. The van der Waals surface area contributed by atoms with Crippen LogP contribution in [0.15, 0.2) is 18.2 Å². The summed E-state index contributed by atoms with van der Waals surface area (Å²) in [4.78, 5) is 23.3. The Labute approximate surface area is 143 Å². The minimum absolute atomic E-state index is 0.0990. The molecule has 0 aromatic heterocycles. The monoisotopic (exact) mass is 359 g/mol. The van der Waals surface area contributed by atoms with Gasteiger partial charge in [0.1, 0.15) is 0 Å². The molecule has 1 amide bonds. The molecule has 1 aliphatic rings. The Kier molecular flexibility index (Phi) is 6.93. The molecule has 0 spiro atoms. The number of ether oxygens (including phenoxy) is 4. The van der Waals surface area contributed by atoms with E-state index in [4.69, 9.17) is 14.2 Å². The second kappa shape index (κ2) is 9.16. The average molecular weight is 359 g/mol. The number of benzene rings is 1. The van der Waals surface area contributed by atoms with Crippen molar-refractivity contribution in [3.63, 3.8) is 0 Å². The summed E-state index contributed by atoms with van der Waals surface area (Å²) in [5.41, 5.74) is 0.609. The van der Waals surface area contributed by atoms with Crippen LogP contribution in [0, 0.1) is 0 Å². The van der Waals surface area contributed by atoms with Crippen molar-refractivity contribution < 1.29 is 37.3 Å². The molecule has 9 heteroatoms. The van der Waals surface area contributed by atoms with E-state index in [1.54, 1.807) is 0 Å². The van der Waals surface area contributed by atoms with Gasteiger partial charge < -0.3 is 24.3 Å². The van der Waals surface area contributed by atoms with Gasteiger partial charge in [0.2, 0.25) is 0 Å². The van der Waals surface area contributed by atoms with Gasteiger partial charge in [-0.05, 0) is 30.5 Å². The van der Waals surface area contributed by atoms with Gasteiger partial charge >= 0.3 is 12.6 Å². The summed E-state index contributed by atoms with van der Waals surface area (Å²) in [6, 6.07) is 4.30. The van der Waals surface area contributed by atoms with Gasteiger partial charge in [0.05, 0.1) is 7.11 Å². The lowest BCUT2D eigenvalue weighted by Crippen LogP contribution is -2.31. The molecule has 2 rings (SSSR count). The lowest BCUT2D eigenvalue weighted by molar-refractivity contribution is -0.157. The first-order valence-corrected chi connectivity index (χ1v) is 7.66. The Hall–Kier alpha value is -2.42. The predicted octanol–water partition coefficient (Wildman–Crippen LogP) is 1.63. The van der Waals surface area contributed by atoms with E-state index in [-0.39, 0.29) is 18.0 Å². The van der Waals surface area contributed by atoms with Crippen molar-refractivity contribution in [2.45, 2.75) is 32.1 Å². The molecule has 1 N–H and O–H groups in total. The van der Waals surface area contributed by atoms with Gasteiger partial charge in [-0.15, -0.1) is 0 Å². The number of hydrogen-bond donors (Lipinski definition) is 1. The van der Waals surface area contributed by atoms with Crippen molar-refractivity contribution in [2.75, 3.05) is 20.3 Å². The minimum Gasteiger partial charge on any atom is -0.493 e. The van der Waals surface area contributed by atoms with Crippen LogP contribution in [0.4, 0.5) is 8.78 Å². The van der Waals surface area contributed by atoms with E-state index in [2.05, 4.69) is 10.1 Å². The first-order valence-electron chi connectivity index (χ1n) is 7.66. The van der Waals surface area contributed by atoms with Gasteiger partial charge in [0.15, 0.2) is 24.2 Å². The highest BCUT2D eigenvalue weighted by Crippen LogP contribution is 2.29. The average Bonchev–Trinajstić information content (AvgIpc) is 3.13. The van der Waals surface area contributed by atoms with Crippen molar-refractivity contribution in [3.05, 3.63) is 23.8 Å². The van der Waals surface area contributed by atoms with E-state index in [0.29, 0.717) is 18.6 Å². The van der Waals surface area contributed by atoms with E-state index in [0.717, 1.165) is 6.42 Å². The van der Waals surface area contributed by atoms with Crippen LogP contribution in [0.2, 0.25) is 0 Å². The second-order valence-electron chi connectivity index (χ2n) is 5.25. The van der Waals surface area contributed by atoms with Gasteiger partial charge in [-0.3, -0.25) is 4.79 Å². The van der Waals surface area contributed by atoms with Crippen LogP contribution >= 0.6 is 0 Å². The van der Waals surface area contributed by atoms with Gasteiger partial charge in [-0.2, -0.15) is 8.78 Å². The number of hydrogen-bond acceptors (Lipinski definition) is 6. The number of methoxy groups -OCH3 is 1. The topological polar surface area (TPSA) is 83.1 Å². The van der Waals surface area contributed by atoms with Crippen molar-refractivity contribution in [2.24, 2.45) is 0 Å². The van der Waals surface area contributed by atoms with Crippen LogP contribution in [0.1, 0.15) is 18.4 Å². The second-order valence-corrected chi connectivity index (χ2v) is 5.25. The molecule has 0 saturated carbocycles. The van der Waals surface area contributed by atoms with E-state index in [1.165, 1.54) is 25.3 Å². The standard InChI is InChI=1S/C16H19F2NO6/c1-22-13-7-10(4-5-11(13)25-16(17)18)8-19-14(20)9-24-15(21)12-3-2-6-23-12/h4-5,7,12,16H,2-3,6,8-9H2,1H3,(H,19,20)/t12-/m1/s1. The number of nitrogens with one attached hydrogen (secondary N) is 1. The van der Waals surface area contributed by atoms with Crippen molar-refractivity contribution in [1.82, 2.24) is 5.32 Å².